The molecule has 4 rings (SSSR count). The third-order valence-corrected chi connectivity index (χ3v) is 5.86. The molecule has 1 aromatic carbocycles. The maximum Gasteiger partial charge on any atom is 0.309 e. The predicted octanol–water partition coefficient (Wildman–Crippen LogP) is 3.31. The summed E-state index contributed by atoms with van der Waals surface area (Å²) in [6.45, 7) is 3.06. The minimum absolute atomic E-state index is 0.222. The van der Waals surface area contributed by atoms with Crippen LogP contribution in [-0.4, -0.2) is 46.5 Å². The van der Waals surface area contributed by atoms with Crippen LogP contribution in [0.25, 0.3) is 11.3 Å². The van der Waals surface area contributed by atoms with Gasteiger partial charge in [0.1, 0.15) is 0 Å². The average Bonchev–Trinajstić information content (AvgIpc) is 3.27. The van der Waals surface area contributed by atoms with Gasteiger partial charge in [0.15, 0.2) is 11.7 Å². The highest BCUT2D eigenvalue weighted by atomic mass is 32.1. The highest BCUT2D eigenvalue weighted by Gasteiger charge is 2.27. The van der Waals surface area contributed by atoms with Gasteiger partial charge in [0.05, 0.1) is 11.6 Å². The number of carbonyl (C=O) groups is 2. The summed E-state index contributed by atoms with van der Waals surface area (Å²) in [5, 5.41) is 5.06. The van der Waals surface area contributed by atoms with Crippen molar-refractivity contribution < 1.29 is 14.3 Å². The van der Waals surface area contributed by atoms with Crippen molar-refractivity contribution in [1.82, 2.24) is 15.0 Å². The number of nitrogens with zero attached hydrogens (tertiary/aromatic N) is 4. The van der Waals surface area contributed by atoms with E-state index in [4.69, 9.17) is 4.74 Å². The molecule has 0 saturated carbocycles. The number of nitrogens with one attached hydrogen (secondary N) is 1. The molecule has 1 aliphatic heterocycles. The van der Waals surface area contributed by atoms with Gasteiger partial charge >= 0.3 is 5.97 Å². The first-order valence-corrected chi connectivity index (χ1v) is 11.0. The number of ether oxygens (including phenoxy) is 1. The summed E-state index contributed by atoms with van der Waals surface area (Å²) in [4.78, 5) is 39.5. The summed E-state index contributed by atoms with van der Waals surface area (Å²) < 4.78 is 5.24. The first-order valence-electron chi connectivity index (χ1n) is 10.1. The fourth-order valence-corrected chi connectivity index (χ4v) is 4.10. The van der Waals surface area contributed by atoms with Crippen LogP contribution in [0.15, 0.2) is 48.1 Å². The van der Waals surface area contributed by atoms with Crippen molar-refractivity contribution in [1.29, 1.82) is 0 Å². The number of piperidine rings is 1. The van der Waals surface area contributed by atoms with Crippen LogP contribution in [-0.2, 0) is 14.3 Å². The summed E-state index contributed by atoms with van der Waals surface area (Å²) in [6, 6.07) is 9.79. The molecule has 0 bridgehead atoms. The molecule has 8 nitrogen and oxygen atoms in total. The van der Waals surface area contributed by atoms with E-state index in [1.807, 2.05) is 41.5 Å². The maximum absolute atomic E-state index is 12.3. The Morgan fingerprint density at radius 3 is 2.58 bits per heavy atom. The molecule has 31 heavy (non-hydrogen) atoms. The van der Waals surface area contributed by atoms with Gasteiger partial charge in [0, 0.05) is 36.4 Å². The Morgan fingerprint density at radius 2 is 1.87 bits per heavy atom. The van der Waals surface area contributed by atoms with Crippen molar-refractivity contribution in [3.8, 4) is 11.3 Å². The van der Waals surface area contributed by atoms with Gasteiger partial charge in [-0.2, -0.15) is 0 Å². The minimum Gasteiger partial charge on any atom is -0.455 e. The number of hydrogen-bond acceptors (Lipinski definition) is 8. The van der Waals surface area contributed by atoms with Crippen molar-refractivity contribution >= 4 is 34.3 Å². The third kappa shape index (κ3) is 5.43. The van der Waals surface area contributed by atoms with E-state index in [1.165, 1.54) is 16.9 Å². The van der Waals surface area contributed by atoms with Crippen molar-refractivity contribution in [2.75, 3.05) is 29.9 Å². The minimum atomic E-state index is -0.395. The monoisotopic (exact) mass is 437 g/mol. The average molecular weight is 438 g/mol. The fraction of sp³-hybridized carbons (Fsp3) is 0.318. The van der Waals surface area contributed by atoms with Crippen molar-refractivity contribution in [3.05, 3.63) is 53.7 Å². The van der Waals surface area contributed by atoms with Crippen LogP contribution in [0.2, 0.25) is 0 Å². The Balaban J connectivity index is 1.22. The summed E-state index contributed by atoms with van der Waals surface area (Å²) in [5.41, 5.74) is 2.96. The van der Waals surface area contributed by atoms with E-state index < -0.39 is 5.91 Å². The van der Waals surface area contributed by atoms with Crippen LogP contribution in [0.1, 0.15) is 18.4 Å². The van der Waals surface area contributed by atoms with Crippen LogP contribution in [0, 0.1) is 12.8 Å². The lowest BCUT2D eigenvalue weighted by molar-refractivity contribution is -0.152. The Labute approximate surface area is 184 Å². The topological polar surface area (TPSA) is 97.3 Å². The fourth-order valence-electron chi connectivity index (χ4n) is 3.37. The van der Waals surface area contributed by atoms with Gasteiger partial charge < -0.3 is 9.64 Å². The van der Waals surface area contributed by atoms with Crippen LogP contribution in [0.4, 0.5) is 11.1 Å². The number of thiazole rings is 1. The van der Waals surface area contributed by atoms with E-state index in [0.29, 0.717) is 37.0 Å². The van der Waals surface area contributed by atoms with Gasteiger partial charge in [0.2, 0.25) is 5.95 Å². The molecule has 1 saturated heterocycles. The predicted molar refractivity (Wildman–Crippen MR) is 119 cm³/mol. The van der Waals surface area contributed by atoms with E-state index in [-0.39, 0.29) is 18.5 Å². The molecule has 0 radical (unpaired) electrons. The molecule has 0 unspecified atom stereocenters. The molecule has 3 aromatic rings. The molecule has 9 heteroatoms. The van der Waals surface area contributed by atoms with Gasteiger partial charge in [-0.25, -0.2) is 15.0 Å². The molecule has 2 aromatic heterocycles. The molecule has 0 atom stereocenters. The molecule has 3 heterocycles. The van der Waals surface area contributed by atoms with Gasteiger partial charge in [-0.1, -0.05) is 29.8 Å². The van der Waals surface area contributed by atoms with Crippen molar-refractivity contribution in [2.24, 2.45) is 5.92 Å². The first-order chi connectivity index (χ1) is 15.1. The van der Waals surface area contributed by atoms with Crippen LogP contribution >= 0.6 is 11.3 Å². The van der Waals surface area contributed by atoms with Gasteiger partial charge in [-0.3, -0.25) is 14.9 Å². The molecule has 1 aliphatic rings. The zero-order valence-corrected chi connectivity index (χ0v) is 18.0. The maximum atomic E-state index is 12.3. The molecule has 1 amide bonds. The number of anilines is 2. The normalized spacial score (nSPS) is 14.3. The zero-order valence-electron chi connectivity index (χ0n) is 17.2. The molecule has 1 fully saturated rings. The van der Waals surface area contributed by atoms with Crippen molar-refractivity contribution in [3.63, 3.8) is 0 Å². The lowest BCUT2D eigenvalue weighted by atomic mass is 9.97. The molecule has 160 valence electrons. The van der Waals surface area contributed by atoms with E-state index >= 15 is 0 Å². The Morgan fingerprint density at radius 1 is 1.16 bits per heavy atom. The van der Waals surface area contributed by atoms with E-state index in [0.717, 1.165) is 11.3 Å². The highest BCUT2D eigenvalue weighted by Crippen LogP contribution is 2.25. The Bertz CT molecular complexity index is 1030. The smallest absolute Gasteiger partial charge is 0.309 e. The third-order valence-electron chi connectivity index (χ3n) is 5.11. The van der Waals surface area contributed by atoms with E-state index in [9.17, 15) is 9.59 Å². The molecule has 0 aliphatic carbocycles. The van der Waals surface area contributed by atoms with Crippen LogP contribution < -0.4 is 10.2 Å². The van der Waals surface area contributed by atoms with Gasteiger partial charge in [-0.15, -0.1) is 11.3 Å². The zero-order chi connectivity index (χ0) is 21.6. The van der Waals surface area contributed by atoms with E-state index in [1.54, 1.807) is 18.5 Å². The quantitative estimate of drug-likeness (QED) is 0.591. The van der Waals surface area contributed by atoms with Crippen molar-refractivity contribution in [2.45, 2.75) is 19.8 Å². The number of rotatable bonds is 6. The number of amides is 1. The molecular weight excluding hydrogens is 414 g/mol. The van der Waals surface area contributed by atoms with Crippen LogP contribution in [0.5, 0.6) is 0 Å². The summed E-state index contributed by atoms with van der Waals surface area (Å²) in [6.07, 6.45) is 4.69. The highest BCUT2D eigenvalue weighted by molar-refractivity contribution is 7.14. The molecular formula is C22H23N5O3S. The number of esters is 1. The second kappa shape index (κ2) is 9.65. The first kappa shape index (κ1) is 20.9. The van der Waals surface area contributed by atoms with Crippen LogP contribution in [0.3, 0.4) is 0 Å². The standard InChI is InChI=1S/C22H23N5O3S/c1-15-3-5-16(6-4-15)18-14-31-22(25-18)26-19(28)13-30-20(29)17-7-11-27(12-8-17)21-23-9-2-10-24-21/h2-6,9-10,14,17H,7-8,11-13H2,1H3,(H,25,26,28). The summed E-state index contributed by atoms with van der Waals surface area (Å²) in [7, 11) is 0. The summed E-state index contributed by atoms with van der Waals surface area (Å²) in [5.74, 6) is -0.292. The number of benzene rings is 1. The van der Waals surface area contributed by atoms with Gasteiger partial charge in [0.25, 0.3) is 5.91 Å². The molecule has 0 spiro atoms. The number of hydrogen-bond donors (Lipinski definition) is 1. The number of carbonyl (C=O) groups excluding carboxylic acids is 2. The Kier molecular flexibility index (Phi) is 6.51. The number of aryl methyl sites for hydroxylation is 1. The number of aromatic nitrogens is 3. The SMILES string of the molecule is Cc1ccc(-c2csc(NC(=O)COC(=O)C3CCN(c4ncccn4)CC3)n2)cc1. The largest absolute Gasteiger partial charge is 0.455 e. The second-order valence-electron chi connectivity index (χ2n) is 7.37. The lowest BCUT2D eigenvalue weighted by Crippen LogP contribution is -2.38. The van der Waals surface area contributed by atoms with E-state index in [2.05, 4.69) is 20.3 Å². The summed E-state index contributed by atoms with van der Waals surface area (Å²) >= 11 is 1.34. The molecule has 1 N–H and O–H groups in total. The lowest BCUT2D eigenvalue weighted by Gasteiger charge is -2.30. The second-order valence-corrected chi connectivity index (χ2v) is 8.23. The van der Waals surface area contributed by atoms with Gasteiger partial charge in [-0.05, 0) is 25.8 Å². The Hall–Kier alpha value is -3.33.